The summed E-state index contributed by atoms with van der Waals surface area (Å²) >= 11 is 0. The third-order valence-electron chi connectivity index (χ3n) is 5.37. The van der Waals surface area contributed by atoms with Crippen LogP contribution in [0.2, 0.25) is 0 Å². The van der Waals surface area contributed by atoms with Crippen molar-refractivity contribution in [3.63, 3.8) is 0 Å². The van der Waals surface area contributed by atoms with E-state index < -0.39 is 11.7 Å². The van der Waals surface area contributed by atoms with E-state index in [2.05, 4.69) is 30.9 Å². The van der Waals surface area contributed by atoms with Gasteiger partial charge < -0.3 is 21.1 Å². The minimum absolute atomic E-state index is 0.226. The second-order valence-corrected chi connectivity index (χ2v) is 7.36. The lowest BCUT2D eigenvalue weighted by Crippen LogP contribution is -2.18. The summed E-state index contributed by atoms with van der Waals surface area (Å²) in [5.74, 6) is -0.0642. The van der Waals surface area contributed by atoms with Crippen LogP contribution in [0.25, 0.3) is 11.0 Å². The van der Waals surface area contributed by atoms with Crippen LogP contribution in [0.5, 0.6) is 5.75 Å². The smallest absolute Gasteiger partial charge is 0.351 e. The zero-order valence-corrected chi connectivity index (χ0v) is 17.2. The molecule has 2 aromatic heterocycles. The van der Waals surface area contributed by atoms with Gasteiger partial charge in [0.15, 0.2) is 5.75 Å². The molecule has 4 aromatic rings. The van der Waals surface area contributed by atoms with Crippen LogP contribution < -0.4 is 31.4 Å². The van der Waals surface area contributed by atoms with Gasteiger partial charge in [0.25, 0.3) is 5.91 Å². The Bertz CT molecular complexity index is 1350. The van der Waals surface area contributed by atoms with Crippen molar-refractivity contribution in [1.82, 2.24) is 9.97 Å². The van der Waals surface area contributed by atoms with Crippen molar-refractivity contribution in [2.45, 2.75) is 6.42 Å². The predicted octanol–water partition coefficient (Wildman–Crippen LogP) is 3.08. The van der Waals surface area contributed by atoms with Crippen LogP contribution in [0.15, 0.2) is 42.6 Å². The molecule has 0 spiro atoms. The number of hydrogen-bond acceptors (Lipinski definition) is 6. The SMILES string of the molecule is COc1cc2c(cc1Nc1nc(Nc3cccc(F)c3C(N)=O)c3cc[nH]c3[nH+]1)NCC2. The molecular weight excluding hydrogens is 413 g/mol. The van der Waals surface area contributed by atoms with Gasteiger partial charge in [-0.25, -0.2) is 9.37 Å². The number of aromatic nitrogens is 3. The van der Waals surface area contributed by atoms with Crippen LogP contribution in [-0.2, 0) is 6.42 Å². The molecule has 7 N–H and O–H groups in total. The normalized spacial score (nSPS) is 12.3. The van der Waals surface area contributed by atoms with Crippen LogP contribution in [0.4, 0.5) is 33.2 Å². The highest BCUT2D eigenvalue weighted by Crippen LogP contribution is 2.35. The topological polar surface area (TPSA) is 131 Å². The molecule has 2 aromatic carbocycles. The number of anilines is 5. The lowest BCUT2D eigenvalue weighted by atomic mass is 10.1. The number of ether oxygens (including phenoxy) is 1. The van der Waals surface area contributed by atoms with Crippen LogP contribution in [-0.4, -0.2) is 29.5 Å². The van der Waals surface area contributed by atoms with Gasteiger partial charge in [-0.1, -0.05) is 11.1 Å². The van der Waals surface area contributed by atoms with Crippen molar-refractivity contribution in [2.75, 3.05) is 29.6 Å². The summed E-state index contributed by atoms with van der Waals surface area (Å²) in [6, 6.07) is 10.0. The number of aromatic amines is 2. The molecule has 162 valence electrons. The highest BCUT2D eigenvalue weighted by atomic mass is 19.1. The minimum Gasteiger partial charge on any atom is -0.493 e. The Labute approximate surface area is 182 Å². The van der Waals surface area contributed by atoms with Gasteiger partial charge in [0.05, 0.1) is 23.7 Å². The number of amides is 1. The highest BCUT2D eigenvalue weighted by molar-refractivity contribution is 6.00. The number of H-pyrrole nitrogens is 2. The molecule has 3 heterocycles. The van der Waals surface area contributed by atoms with E-state index in [1.807, 2.05) is 18.2 Å². The largest absolute Gasteiger partial charge is 0.493 e. The molecule has 32 heavy (non-hydrogen) atoms. The standard InChI is InChI=1S/C22H20FN7O2/c1-32-17-9-11-5-7-25-15(11)10-16(17)28-22-29-20-12(6-8-26-20)21(30-22)27-14-4-2-3-13(23)18(14)19(24)31/h2-4,6,8-10,25H,5,7H2,1H3,(H2,24,31)(H3,26,27,28,29,30)/p+1. The van der Waals surface area contributed by atoms with Gasteiger partial charge in [-0.15, -0.1) is 0 Å². The Morgan fingerprint density at radius 3 is 2.94 bits per heavy atom. The maximum absolute atomic E-state index is 14.2. The van der Waals surface area contributed by atoms with E-state index in [1.165, 1.54) is 17.7 Å². The summed E-state index contributed by atoms with van der Waals surface area (Å²) in [5.41, 5.74) is 9.02. The van der Waals surface area contributed by atoms with Crippen molar-refractivity contribution in [2.24, 2.45) is 5.73 Å². The maximum Gasteiger partial charge on any atom is 0.351 e. The quantitative estimate of drug-likeness (QED) is 0.317. The Morgan fingerprint density at radius 1 is 1.25 bits per heavy atom. The highest BCUT2D eigenvalue weighted by Gasteiger charge is 2.21. The number of primary amides is 1. The lowest BCUT2D eigenvalue weighted by molar-refractivity contribution is -0.333. The molecule has 10 heteroatoms. The summed E-state index contributed by atoms with van der Waals surface area (Å²) in [4.78, 5) is 22.7. The number of rotatable bonds is 6. The zero-order valence-electron chi connectivity index (χ0n) is 17.2. The van der Waals surface area contributed by atoms with Crippen LogP contribution in [0.1, 0.15) is 15.9 Å². The molecule has 0 atom stereocenters. The number of methoxy groups -OCH3 is 1. The number of hydrogen-bond donors (Lipinski definition) is 5. The third kappa shape index (κ3) is 3.41. The van der Waals surface area contributed by atoms with Crippen molar-refractivity contribution < 1.29 is 18.9 Å². The summed E-state index contributed by atoms with van der Waals surface area (Å²) < 4.78 is 19.8. The van der Waals surface area contributed by atoms with Crippen molar-refractivity contribution in [1.29, 1.82) is 0 Å². The van der Waals surface area contributed by atoms with Crippen molar-refractivity contribution >= 4 is 45.8 Å². The van der Waals surface area contributed by atoms with Gasteiger partial charge in [0, 0.05) is 24.5 Å². The van der Waals surface area contributed by atoms with Gasteiger partial charge >= 0.3 is 5.95 Å². The molecule has 1 amide bonds. The van der Waals surface area contributed by atoms with Gasteiger partial charge in [-0.05, 0) is 36.2 Å². The predicted molar refractivity (Wildman–Crippen MR) is 119 cm³/mol. The Hall–Kier alpha value is -4.34. The molecule has 0 fully saturated rings. The Balaban J connectivity index is 1.56. The third-order valence-corrected chi connectivity index (χ3v) is 5.37. The average molecular weight is 434 g/mol. The minimum atomic E-state index is -0.868. The Kier molecular flexibility index (Phi) is 4.74. The first kappa shape index (κ1) is 19.6. The molecule has 0 saturated heterocycles. The number of carbonyl (C=O) groups is 1. The van der Waals surface area contributed by atoms with E-state index in [1.54, 1.807) is 19.4 Å². The van der Waals surface area contributed by atoms with Gasteiger partial charge in [0.2, 0.25) is 11.5 Å². The van der Waals surface area contributed by atoms with Gasteiger partial charge in [-0.3, -0.25) is 15.1 Å². The molecule has 1 aliphatic rings. The van der Waals surface area contributed by atoms with Crippen LogP contribution in [0.3, 0.4) is 0 Å². The number of nitrogens with zero attached hydrogens (tertiary/aromatic N) is 1. The number of benzene rings is 2. The summed E-state index contributed by atoms with van der Waals surface area (Å²) in [6.07, 6.45) is 2.69. The van der Waals surface area contributed by atoms with Gasteiger partial charge in [-0.2, -0.15) is 0 Å². The lowest BCUT2D eigenvalue weighted by Gasteiger charge is -2.12. The van der Waals surface area contributed by atoms with E-state index in [0.29, 0.717) is 23.2 Å². The molecule has 1 aliphatic heterocycles. The van der Waals surface area contributed by atoms with Crippen molar-refractivity contribution in [3.8, 4) is 5.75 Å². The number of fused-ring (bicyclic) bond motifs is 2. The monoisotopic (exact) mass is 434 g/mol. The van der Waals surface area contributed by atoms with E-state index >= 15 is 0 Å². The van der Waals surface area contributed by atoms with Crippen LogP contribution >= 0.6 is 0 Å². The number of halogens is 1. The van der Waals surface area contributed by atoms with Crippen LogP contribution in [0, 0.1) is 5.82 Å². The number of carbonyl (C=O) groups excluding carboxylic acids is 1. The van der Waals surface area contributed by atoms with E-state index in [-0.39, 0.29) is 11.3 Å². The average Bonchev–Trinajstić information content (AvgIpc) is 3.42. The first-order valence-electron chi connectivity index (χ1n) is 10.0. The Morgan fingerprint density at radius 2 is 2.12 bits per heavy atom. The molecular formula is C22H21FN7O2+. The van der Waals surface area contributed by atoms with Crippen molar-refractivity contribution in [3.05, 3.63) is 59.5 Å². The fourth-order valence-electron chi connectivity index (χ4n) is 3.87. The molecule has 0 unspecified atom stereocenters. The van der Waals surface area contributed by atoms with E-state index in [0.717, 1.165) is 29.7 Å². The fourth-order valence-corrected chi connectivity index (χ4v) is 3.87. The summed E-state index contributed by atoms with van der Waals surface area (Å²) in [6.45, 7) is 0.880. The molecule has 0 aliphatic carbocycles. The van der Waals surface area contributed by atoms with E-state index in [4.69, 9.17) is 10.5 Å². The number of nitrogens with one attached hydrogen (secondary N) is 5. The number of nitrogens with two attached hydrogens (primary N) is 1. The summed E-state index contributed by atoms with van der Waals surface area (Å²) in [7, 11) is 1.61. The second-order valence-electron chi connectivity index (χ2n) is 7.36. The second kappa shape index (κ2) is 7.73. The molecule has 0 bridgehead atoms. The maximum atomic E-state index is 14.2. The van der Waals surface area contributed by atoms with Gasteiger partial charge in [0.1, 0.15) is 11.5 Å². The molecule has 5 rings (SSSR count). The summed E-state index contributed by atoms with van der Waals surface area (Å²) in [5, 5.41) is 10.4. The van der Waals surface area contributed by atoms with E-state index in [9.17, 15) is 9.18 Å². The zero-order chi connectivity index (χ0) is 22.2. The fraction of sp³-hybridized carbons (Fsp3) is 0.136. The molecule has 0 radical (unpaired) electrons. The first-order valence-corrected chi connectivity index (χ1v) is 10.0. The molecule has 9 nitrogen and oxygen atoms in total. The molecule has 0 saturated carbocycles. The first-order chi connectivity index (χ1) is 15.5.